The minimum absolute atomic E-state index is 0.0851. The summed E-state index contributed by atoms with van der Waals surface area (Å²) < 4.78 is 4.97. The van der Waals surface area contributed by atoms with Crippen molar-refractivity contribution >= 4 is 35.2 Å². The number of rotatable bonds is 8. The summed E-state index contributed by atoms with van der Waals surface area (Å²) >= 11 is 1.33. The number of esters is 1. The summed E-state index contributed by atoms with van der Waals surface area (Å²) in [7, 11) is 0. The minimum atomic E-state index is -0.559. The van der Waals surface area contributed by atoms with E-state index in [9.17, 15) is 9.59 Å². The molecule has 0 saturated heterocycles. The summed E-state index contributed by atoms with van der Waals surface area (Å²) in [4.78, 5) is 31.2. The Balaban J connectivity index is 2.93. The van der Waals surface area contributed by atoms with E-state index in [0.717, 1.165) is 0 Å². The first-order valence-corrected chi connectivity index (χ1v) is 7.84. The SMILES string of the molecule is CCOC(=O)c1c(N)nc(SC)nc1NCCCC(C)=O. The summed E-state index contributed by atoms with van der Waals surface area (Å²) in [5.41, 5.74) is 5.96. The van der Waals surface area contributed by atoms with Gasteiger partial charge in [-0.05, 0) is 26.5 Å². The van der Waals surface area contributed by atoms with Crippen LogP contribution in [0.2, 0.25) is 0 Å². The van der Waals surface area contributed by atoms with E-state index < -0.39 is 5.97 Å². The number of ether oxygens (including phenoxy) is 1. The topological polar surface area (TPSA) is 107 Å². The number of carbonyl (C=O) groups is 2. The lowest BCUT2D eigenvalue weighted by atomic mass is 10.2. The highest BCUT2D eigenvalue weighted by atomic mass is 32.2. The summed E-state index contributed by atoms with van der Waals surface area (Å²) in [6.45, 7) is 4.01. The van der Waals surface area contributed by atoms with Crippen LogP contribution >= 0.6 is 11.8 Å². The van der Waals surface area contributed by atoms with E-state index in [2.05, 4.69) is 15.3 Å². The fourth-order valence-corrected chi connectivity index (χ4v) is 2.00. The molecule has 0 fully saturated rings. The number of hydrogen-bond acceptors (Lipinski definition) is 8. The lowest BCUT2D eigenvalue weighted by molar-refractivity contribution is -0.117. The second-order valence-corrected chi connectivity index (χ2v) is 5.05. The molecular weight excluding hydrogens is 292 g/mol. The number of nitrogens with zero attached hydrogens (tertiary/aromatic N) is 2. The van der Waals surface area contributed by atoms with Crippen molar-refractivity contribution in [2.75, 3.05) is 30.5 Å². The van der Waals surface area contributed by atoms with Crippen molar-refractivity contribution in [1.29, 1.82) is 0 Å². The number of thioether (sulfide) groups is 1. The smallest absolute Gasteiger partial charge is 0.345 e. The number of anilines is 2. The van der Waals surface area contributed by atoms with Crippen LogP contribution in [0.15, 0.2) is 5.16 Å². The summed E-state index contributed by atoms with van der Waals surface area (Å²) in [6.07, 6.45) is 2.94. The van der Waals surface area contributed by atoms with Crippen LogP contribution in [0.5, 0.6) is 0 Å². The highest BCUT2D eigenvalue weighted by Crippen LogP contribution is 2.23. The molecule has 0 bridgehead atoms. The maximum atomic E-state index is 11.9. The molecule has 0 aliphatic heterocycles. The zero-order valence-corrected chi connectivity index (χ0v) is 13.2. The molecule has 1 rings (SSSR count). The first kappa shape index (κ1) is 17.2. The van der Waals surface area contributed by atoms with Crippen LogP contribution in [-0.2, 0) is 9.53 Å². The fraction of sp³-hybridized carbons (Fsp3) is 0.538. The fourth-order valence-electron chi connectivity index (χ4n) is 1.62. The van der Waals surface area contributed by atoms with Crippen molar-refractivity contribution in [3.05, 3.63) is 5.56 Å². The van der Waals surface area contributed by atoms with Crippen molar-refractivity contribution in [1.82, 2.24) is 9.97 Å². The molecule has 0 radical (unpaired) electrons. The summed E-state index contributed by atoms with van der Waals surface area (Å²) in [6, 6.07) is 0. The Bertz CT molecular complexity index is 522. The van der Waals surface area contributed by atoms with E-state index in [4.69, 9.17) is 10.5 Å². The second-order valence-electron chi connectivity index (χ2n) is 4.27. The van der Waals surface area contributed by atoms with E-state index in [1.807, 2.05) is 6.26 Å². The predicted octanol–water partition coefficient (Wildman–Crippen LogP) is 1.74. The molecule has 1 aromatic rings. The van der Waals surface area contributed by atoms with E-state index in [-0.39, 0.29) is 23.8 Å². The third-order valence-electron chi connectivity index (χ3n) is 2.58. The summed E-state index contributed by atoms with van der Waals surface area (Å²) in [5, 5.41) is 3.49. The van der Waals surface area contributed by atoms with Gasteiger partial charge in [0.2, 0.25) is 0 Å². The van der Waals surface area contributed by atoms with Gasteiger partial charge in [0.05, 0.1) is 6.61 Å². The molecule has 0 amide bonds. The van der Waals surface area contributed by atoms with Crippen molar-refractivity contribution in [3.8, 4) is 0 Å². The van der Waals surface area contributed by atoms with Gasteiger partial charge in [-0.1, -0.05) is 11.8 Å². The third kappa shape index (κ3) is 5.22. The molecule has 1 aromatic heterocycles. The molecule has 0 aliphatic carbocycles. The van der Waals surface area contributed by atoms with Crippen LogP contribution in [0, 0.1) is 0 Å². The maximum Gasteiger partial charge on any atom is 0.345 e. The number of hydrogen-bond donors (Lipinski definition) is 2. The predicted molar refractivity (Wildman–Crippen MR) is 82.6 cm³/mol. The first-order chi connectivity index (χ1) is 9.99. The van der Waals surface area contributed by atoms with Crippen LogP contribution in [0.25, 0.3) is 0 Å². The van der Waals surface area contributed by atoms with Crippen LogP contribution in [0.3, 0.4) is 0 Å². The quantitative estimate of drug-likeness (QED) is 0.323. The third-order valence-corrected chi connectivity index (χ3v) is 3.12. The molecular formula is C13H20N4O3S. The second kappa shape index (κ2) is 8.46. The molecule has 7 nitrogen and oxygen atoms in total. The highest BCUT2D eigenvalue weighted by Gasteiger charge is 2.20. The van der Waals surface area contributed by atoms with Crippen molar-refractivity contribution < 1.29 is 14.3 Å². The van der Waals surface area contributed by atoms with Gasteiger partial charge in [0.15, 0.2) is 5.16 Å². The van der Waals surface area contributed by atoms with E-state index in [0.29, 0.717) is 30.4 Å². The first-order valence-electron chi connectivity index (χ1n) is 6.61. The Labute approximate surface area is 128 Å². The largest absolute Gasteiger partial charge is 0.462 e. The number of carbonyl (C=O) groups excluding carboxylic acids is 2. The monoisotopic (exact) mass is 312 g/mol. The maximum absolute atomic E-state index is 11.9. The van der Waals surface area contributed by atoms with Crippen molar-refractivity contribution in [2.24, 2.45) is 0 Å². The Morgan fingerprint density at radius 3 is 2.67 bits per heavy atom. The molecule has 0 aromatic carbocycles. The number of nitrogens with one attached hydrogen (secondary N) is 1. The zero-order valence-electron chi connectivity index (χ0n) is 12.4. The van der Waals surface area contributed by atoms with Gasteiger partial charge in [-0.3, -0.25) is 0 Å². The molecule has 3 N–H and O–H groups in total. The van der Waals surface area contributed by atoms with Gasteiger partial charge in [0.1, 0.15) is 23.0 Å². The molecule has 116 valence electrons. The Hall–Kier alpha value is -1.83. The van der Waals surface area contributed by atoms with Gasteiger partial charge < -0.3 is 20.6 Å². The molecule has 0 aliphatic rings. The van der Waals surface area contributed by atoms with Crippen LogP contribution in [0.1, 0.15) is 37.0 Å². The van der Waals surface area contributed by atoms with Crippen molar-refractivity contribution in [2.45, 2.75) is 31.8 Å². The van der Waals surface area contributed by atoms with Crippen LogP contribution in [0.4, 0.5) is 11.6 Å². The highest BCUT2D eigenvalue weighted by molar-refractivity contribution is 7.98. The standard InChI is InChI=1S/C13H20N4O3S/c1-4-20-12(19)9-10(14)16-13(21-3)17-11(9)15-7-5-6-8(2)18/h4-7H2,1-3H3,(H3,14,15,16,17). The number of nitrogens with two attached hydrogens (primary N) is 1. The average Bonchev–Trinajstić information content (AvgIpc) is 2.42. The van der Waals surface area contributed by atoms with Gasteiger partial charge in [0.25, 0.3) is 0 Å². The lowest BCUT2D eigenvalue weighted by Gasteiger charge is -2.12. The average molecular weight is 312 g/mol. The Morgan fingerprint density at radius 2 is 2.10 bits per heavy atom. The molecule has 8 heteroatoms. The van der Waals surface area contributed by atoms with Crippen LogP contribution < -0.4 is 11.1 Å². The van der Waals surface area contributed by atoms with E-state index in [1.165, 1.54) is 11.8 Å². The number of aromatic nitrogens is 2. The van der Waals surface area contributed by atoms with E-state index >= 15 is 0 Å². The van der Waals surface area contributed by atoms with Gasteiger partial charge in [0, 0.05) is 13.0 Å². The number of nitrogen functional groups attached to an aromatic ring is 1. The molecule has 21 heavy (non-hydrogen) atoms. The van der Waals surface area contributed by atoms with Gasteiger partial charge in [-0.2, -0.15) is 0 Å². The Morgan fingerprint density at radius 1 is 1.38 bits per heavy atom. The van der Waals surface area contributed by atoms with Crippen LogP contribution in [-0.4, -0.2) is 41.1 Å². The van der Waals surface area contributed by atoms with Gasteiger partial charge in [-0.25, -0.2) is 14.8 Å². The molecule has 0 unspecified atom stereocenters. The lowest BCUT2D eigenvalue weighted by Crippen LogP contribution is -2.16. The molecule has 1 heterocycles. The minimum Gasteiger partial charge on any atom is -0.462 e. The summed E-state index contributed by atoms with van der Waals surface area (Å²) in [5.74, 6) is -0.0122. The molecule has 0 spiro atoms. The number of Topliss-reactive ketones (excluding diaryl/α,β-unsaturated/α-hetero) is 1. The Kier molecular flexibility index (Phi) is 6.93. The molecule has 0 atom stereocenters. The van der Waals surface area contributed by atoms with Gasteiger partial charge in [-0.15, -0.1) is 0 Å². The molecule has 0 saturated carbocycles. The van der Waals surface area contributed by atoms with Gasteiger partial charge >= 0.3 is 5.97 Å². The van der Waals surface area contributed by atoms with Crippen molar-refractivity contribution in [3.63, 3.8) is 0 Å². The normalized spacial score (nSPS) is 10.2. The zero-order chi connectivity index (χ0) is 15.8. The van der Waals surface area contributed by atoms with E-state index in [1.54, 1.807) is 13.8 Å². The number of ketones is 1.